The van der Waals surface area contributed by atoms with Crippen LogP contribution in [0.2, 0.25) is 0 Å². The normalized spacial score (nSPS) is 14.0. The molecule has 3 nitrogen and oxygen atoms in total. The van der Waals surface area contributed by atoms with Gasteiger partial charge in [0.15, 0.2) is 0 Å². The van der Waals surface area contributed by atoms with Crippen LogP contribution < -0.4 is 0 Å². The summed E-state index contributed by atoms with van der Waals surface area (Å²) in [5.74, 6) is 6.27. The molecule has 1 amide bonds. The minimum absolute atomic E-state index is 0.0835. The summed E-state index contributed by atoms with van der Waals surface area (Å²) in [5, 5.41) is 8.79. The molecule has 0 aliphatic heterocycles. The van der Waals surface area contributed by atoms with Gasteiger partial charge in [0.25, 0.3) is 5.91 Å². The maximum atomic E-state index is 12.7. The van der Waals surface area contributed by atoms with E-state index in [0.29, 0.717) is 11.5 Å². The fourth-order valence-corrected chi connectivity index (χ4v) is 2.65. The van der Waals surface area contributed by atoms with E-state index in [-0.39, 0.29) is 12.5 Å². The van der Waals surface area contributed by atoms with E-state index < -0.39 is 0 Å². The minimum Gasteiger partial charge on any atom is -0.384 e. The van der Waals surface area contributed by atoms with E-state index in [0.717, 1.165) is 24.2 Å². The van der Waals surface area contributed by atoms with Gasteiger partial charge >= 0.3 is 0 Å². The second kappa shape index (κ2) is 7.28. The standard InChI is InChI=1S/C18H23NO2/c1-3-19(13-15-6-4-7-15)18(21)17-11-14(2)10-16(12-17)8-5-9-20/h10-12,15,20H,3-4,6-7,9,13H2,1-2H3. The number of nitrogens with zero attached hydrogens (tertiary/aromatic N) is 1. The van der Waals surface area contributed by atoms with Crippen LogP contribution in [0.5, 0.6) is 0 Å². The van der Waals surface area contributed by atoms with Gasteiger partial charge in [-0.3, -0.25) is 4.79 Å². The Morgan fingerprint density at radius 1 is 1.38 bits per heavy atom. The van der Waals surface area contributed by atoms with Crippen LogP contribution >= 0.6 is 0 Å². The van der Waals surface area contributed by atoms with Gasteiger partial charge in [0.05, 0.1) is 0 Å². The highest BCUT2D eigenvalue weighted by molar-refractivity contribution is 5.94. The van der Waals surface area contributed by atoms with Crippen molar-refractivity contribution < 1.29 is 9.90 Å². The van der Waals surface area contributed by atoms with Crippen LogP contribution in [0.25, 0.3) is 0 Å². The van der Waals surface area contributed by atoms with E-state index in [1.807, 2.05) is 36.9 Å². The van der Waals surface area contributed by atoms with Gasteiger partial charge in [-0.2, -0.15) is 0 Å². The summed E-state index contributed by atoms with van der Waals surface area (Å²) in [6.07, 6.45) is 3.78. The molecule has 1 N–H and O–H groups in total. The summed E-state index contributed by atoms with van der Waals surface area (Å²) in [5.41, 5.74) is 2.49. The fraction of sp³-hybridized carbons (Fsp3) is 0.500. The maximum Gasteiger partial charge on any atom is 0.253 e. The van der Waals surface area contributed by atoms with E-state index >= 15 is 0 Å². The number of aliphatic hydroxyl groups excluding tert-OH is 1. The zero-order chi connectivity index (χ0) is 15.2. The van der Waals surface area contributed by atoms with Crippen LogP contribution in [-0.2, 0) is 0 Å². The Balaban J connectivity index is 2.17. The van der Waals surface area contributed by atoms with Crippen LogP contribution in [-0.4, -0.2) is 35.6 Å². The predicted octanol–water partition coefficient (Wildman–Crippen LogP) is 2.60. The highest BCUT2D eigenvalue weighted by Gasteiger charge is 2.23. The first kappa shape index (κ1) is 15.6. The smallest absolute Gasteiger partial charge is 0.253 e. The minimum atomic E-state index is -0.167. The van der Waals surface area contributed by atoms with Crippen molar-refractivity contribution in [2.45, 2.75) is 33.1 Å². The first-order chi connectivity index (χ1) is 10.1. The molecule has 0 atom stereocenters. The molecule has 0 bridgehead atoms. The van der Waals surface area contributed by atoms with Gasteiger partial charge in [0.2, 0.25) is 0 Å². The summed E-state index contributed by atoms with van der Waals surface area (Å²) in [6, 6.07) is 5.67. The monoisotopic (exact) mass is 285 g/mol. The van der Waals surface area contributed by atoms with E-state index in [4.69, 9.17) is 5.11 Å². The van der Waals surface area contributed by atoms with Gasteiger partial charge in [-0.15, -0.1) is 0 Å². The lowest BCUT2D eigenvalue weighted by molar-refractivity contribution is 0.0706. The Hall–Kier alpha value is -1.79. The molecule has 1 fully saturated rings. The van der Waals surface area contributed by atoms with Crippen molar-refractivity contribution >= 4 is 5.91 Å². The third kappa shape index (κ3) is 4.09. The molecule has 0 aromatic heterocycles. The Bertz CT molecular complexity index is 564. The van der Waals surface area contributed by atoms with Gasteiger partial charge in [-0.1, -0.05) is 18.3 Å². The molecule has 2 rings (SSSR count). The summed E-state index contributed by atoms with van der Waals surface area (Å²) >= 11 is 0. The maximum absolute atomic E-state index is 12.7. The number of carbonyl (C=O) groups is 1. The quantitative estimate of drug-likeness (QED) is 0.864. The Labute approximate surface area is 127 Å². The largest absolute Gasteiger partial charge is 0.384 e. The Morgan fingerprint density at radius 3 is 2.71 bits per heavy atom. The lowest BCUT2D eigenvalue weighted by Gasteiger charge is -2.32. The number of amides is 1. The lowest BCUT2D eigenvalue weighted by atomic mass is 9.85. The molecule has 1 aliphatic carbocycles. The second-order valence-corrected chi connectivity index (χ2v) is 5.69. The molecular weight excluding hydrogens is 262 g/mol. The van der Waals surface area contributed by atoms with Crippen molar-refractivity contribution in [1.29, 1.82) is 0 Å². The summed E-state index contributed by atoms with van der Waals surface area (Å²) < 4.78 is 0. The third-order valence-corrected chi connectivity index (χ3v) is 4.01. The van der Waals surface area contributed by atoms with Crippen molar-refractivity contribution in [1.82, 2.24) is 4.90 Å². The highest BCUT2D eigenvalue weighted by atomic mass is 16.2. The first-order valence-corrected chi connectivity index (χ1v) is 7.64. The molecule has 0 heterocycles. The summed E-state index contributed by atoms with van der Waals surface area (Å²) in [7, 11) is 0. The van der Waals surface area contributed by atoms with E-state index in [1.165, 1.54) is 19.3 Å². The van der Waals surface area contributed by atoms with Gasteiger partial charge in [0.1, 0.15) is 6.61 Å². The molecule has 1 saturated carbocycles. The first-order valence-electron chi connectivity index (χ1n) is 7.64. The van der Waals surface area contributed by atoms with Crippen molar-refractivity contribution in [2.75, 3.05) is 19.7 Å². The van der Waals surface area contributed by atoms with E-state index in [2.05, 4.69) is 11.8 Å². The number of benzene rings is 1. The van der Waals surface area contributed by atoms with E-state index in [1.54, 1.807) is 0 Å². The van der Waals surface area contributed by atoms with Gasteiger partial charge in [-0.25, -0.2) is 0 Å². The van der Waals surface area contributed by atoms with Crippen LogP contribution in [0.1, 0.15) is 47.7 Å². The summed E-state index contributed by atoms with van der Waals surface area (Å²) in [6.45, 7) is 5.42. The van der Waals surface area contributed by atoms with Gasteiger partial charge in [-0.05, 0) is 56.4 Å². The molecule has 0 radical (unpaired) electrons. The molecule has 0 unspecified atom stereocenters. The molecule has 0 saturated heterocycles. The Morgan fingerprint density at radius 2 is 2.14 bits per heavy atom. The third-order valence-electron chi connectivity index (χ3n) is 4.01. The molecular formula is C18H23NO2. The number of aryl methyl sites for hydroxylation is 1. The molecule has 112 valence electrons. The molecule has 0 spiro atoms. The molecule has 21 heavy (non-hydrogen) atoms. The topological polar surface area (TPSA) is 40.5 Å². The highest BCUT2D eigenvalue weighted by Crippen LogP contribution is 2.27. The molecule has 1 aromatic carbocycles. The van der Waals surface area contributed by atoms with Crippen molar-refractivity contribution in [2.24, 2.45) is 5.92 Å². The van der Waals surface area contributed by atoms with Crippen LogP contribution in [0.4, 0.5) is 0 Å². The fourth-order valence-electron chi connectivity index (χ4n) is 2.65. The van der Waals surface area contributed by atoms with Crippen LogP contribution in [0.15, 0.2) is 18.2 Å². The lowest BCUT2D eigenvalue weighted by Crippen LogP contribution is -2.37. The summed E-state index contributed by atoms with van der Waals surface area (Å²) in [4.78, 5) is 14.6. The number of hydrogen-bond donors (Lipinski definition) is 1. The van der Waals surface area contributed by atoms with Gasteiger partial charge < -0.3 is 10.0 Å². The molecule has 1 aliphatic rings. The van der Waals surface area contributed by atoms with Crippen molar-refractivity contribution in [3.8, 4) is 11.8 Å². The number of carbonyl (C=O) groups excluding carboxylic acids is 1. The van der Waals surface area contributed by atoms with Crippen LogP contribution in [0.3, 0.4) is 0 Å². The molecule has 1 aromatic rings. The SMILES string of the molecule is CCN(CC1CCC1)C(=O)c1cc(C)cc(C#CCO)c1. The van der Waals surface area contributed by atoms with Crippen LogP contribution in [0, 0.1) is 24.7 Å². The number of hydrogen-bond acceptors (Lipinski definition) is 2. The molecule has 3 heteroatoms. The Kier molecular flexibility index (Phi) is 5.41. The average molecular weight is 285 g/mol. The predicted molar refractivity (Wildman–Crippen MR) is 84.1 cm³/mol. The zero-order valence-electron chi connectivity index (χ0n) is 12.9. The second-order valence-electron chi connectivity index (χ2n) is 5.69. The average Bonchev–Trinajstić information content (AvgIpc) is 2.43. The number of rotatable bonds is 4. The van der Waals surface area contributed by atoms with E-state index in [9.17, 15) is 4.79 Å². The van der Waals surface area contributed by atoms with Gasteiger partial charge in [0, 0.05) is 24.2 Å². The zero-order valence-corrected chi connectivity index (χ0v) is 12.9. The van der Waals surface area contributed by atoms with Crippen molar-refractivity contribution in [3.05, 3.63) is 34.9 Å². The number of aliphatic hydroxyl groups is 1. The van der Waals surface area contributed by atoms with Crippen molar-refractivity contribution in [3.63, 3.8) is 0 Å².